The minimum atomic E-state index is 0.687. The molecule has 2 rings (SSSR count). The average Bonchev–Trinajstić information content (AvgIpc) is 2.53. The molecule has 0 bridgehead atoms. The number of benzene rings is 1. The molecule has 1 N–H and O–H groups in total. The normalized spacial score (nSPS) is 11.9. The average molecular weight is 282 g/mol. The number of hydrogen-bond donors (Lipinski definition) is 1. The molecule has 21 heavy (non-hydrogen) atoms. The third kappa shape index (κ3) is 3.95. The van der Waals surface area contributed by atoms with Crippen LogP contribution >= 0.6 is 0 Å². The van der Waals surface area contributed by atoms with Crippen LogP contribution in [0, 0.1) is 6.92 Å². The lowest BCUT2D eigenvalue weighted by atomic mass is 10.1. The molecule has 0 aliphatic heterocycles. The van der Waals surface area contributed by atoms with Crippen LogP contribution < -0.4 is 5.32 Å². The molecule has 0 fully saturated rings. The van der Waals surface area contributed by atoms with E-state index in [1.54, 1.807) is 0 Å². The summed E-state index contributed by atoms with van der Waals surface area (Å²) in [6.45, 7) is 5.15. The number of rotatable bonds is 5. The van der Waals surface area contributed by atoms with Gasteiger partial charge < -0.3 is 5.32 Å². The molecule has 5 heteroatoms. The van der Waals surface area contributed by atoms with Crippen molar-refractivity contribution in [3.63, 3.8) is 0 Å². The van der Waals surface area contributed by atoms with Crippen molar-refractivity contribution in [2.75, 3.05) is 18.9 Å². The van der Waals surface area contributed by atoms with E-state index in [0.29, 0.717) is 5.82 Å². The molecule has 108 valence electrons. The quantitative estimate of drug-likeness (QED) is 0.676. The van der Waals surface area contributed by atoms with Crippen LogP contribution in [0.15, 0.2) is 43.1 Å². The fraction of sp³-hybridized carbons (Fsp3) is 0.250. The molecule has 0 amide bonds. The van der Waals surface area contributed by atoms with Crippen molar-refractivity contribution in [3.05, 3.63) is 48.7 Å². The van der Waals surface area contributed by atoms with E-state index >= 15 is 0 Å². The molecule has 0 radical (unpaired) electrons. The zero-order valence-electron chi connectivity index (χ0n) is 12.6. The van der Waals surface area contributed by atoms with E-state index in [0.717, 1.165) is 23.4 Å². The summed E-state index contributed by atoms with van der Waals surface area (Å²) in [5.41, 5.74) is 3.15. The number of aromatic nitrogens is 3. The molecule has 0 saturated heterocycles. The Balaban J connectivity index is 2.19. The second-order valence-corrected chi connectivity index (χ2v) is 4.67. The van der Waals surface area contributed by atoms with E-state index in [1.165, 1.54) is 12.7 Å². The van der Waals surface area contributed by atoms with Gasteiger partial charge in [0, 0.05) is 23.5 Å². The van der Waals surface area contributed by atoms with Crippen molar-refractivity contribution in [2.45, 2.75) is 13.8 Å². The van der Waals surface area contributed by atoms with Gasteiger partial charge in [0.1, 0.15) is 26.2 Å². The minimum absolute atomic E-state index is 0.687. The molecule has 5 nitrogen and oxygen atoms in total. The first kappa shape index (κ1) is 14.8. The Hall–Kier alpha value is -2.56. The van der Waals surface area contributed by atoms with E-state index < -0.39 is 0 Å². The molecule has 0 aliphatic rings. The van der Waals surface area contributed by atoms with Gasteiger partial charge in [0.25, 0.3) is 0 Å². The van der Waals surface area contributed by atoms with Gasteiger partial charge in [-0.05, 0) is 25.5 Å². The van der Waals surface area contributed by atoms with Crippen LogP contribution in [0.25, 0.3) is 11.4 Å². The Morgan fingerprint density at radius 3 is 2.71 bits per heavy atom. The molecule has 2 aromatic rings. The lowest BCUT2D eigenvalue weighted by molar-refractivity contribution is -0.487. The molecule has 1 aromatic heterocycles. The van der Waals surface area contributed by atoms with Crippen molar-refractivity contribution in [2.24, 2.45) is 0 Å². The van der Waals surface area contributed by atoms with E-state index in [9.17, 15) is 0 Å². The number of hydrogen-bond acceptors (Lipinski definition) is 4. The standard InChI is InChI=1S/C16H19N5/c1-4-21(3)10-6-9-18-15-8-5-7-14(13(15)2)16-19-11-17-12-20-16/h5-12H,4H2,1-3H3/p+1. The van der Waals surface area contributed by atoms with Crippen LogP contribution in [0.1, 0.15) is 12.5 Å². The van der Waals surface area contributed by atoms with Gasteiger partial charge in [-0.2, -0.15) is 0 Å². The first-order chi connectivity index (χ1) is 10.2. The molecule has 0 unspecified atom stereocenters. The largest absolute Gasteiger partial charge is 0.361 e. The van der Waals surface area contributed by atoms with Gasteiger partial charge in [-0.1, -0.05) is 12.1 Å². The smallest absolute Gasteiger partial charge is 0.164 e. The first-order valence-corrected chi connectivity index (χ1v) is 6.91. The molecule has 1 aromatic carbocycles. The van der Waals surface area contributed by atoms with Crippen molar-refractivity contribution in [1.82, 2.24) is 15.0 Å². The number of allylic oxidation sites excluding steroid dienone is 1. The number of nitrogens with zero attached hydrogens (tertiary/aromatic N) is 4. The third-order valence-electron chi connectivity index (χ3n) is 3.24. The second kappa shape index (κ2) is 7.28. The first-order valence-electron chi connectivity index (χ1n) is 6.91. The van der Waals surface area contributed by atoms with Crippen LogP contribution in [0.4, 0.5) is 5.69 Å². The SMILES string of the molecule is CC[N+](C)=CC=CNc1cccc(-c2ncncn2)c1C. The van der Waals surface area contributed by atoms with Gasteiger partial charge in [-0.3, -0.25) is 0 Å². The van der Waals surface area contributed by atoms with E-state index in [4.69, 9.17) is 0 Å². The fourth-order valence-electron chi connectivity index (χ4n) is 1.85. The predicted molar refractivity (Wildman–Crippen MR) is 85.6 cm³/mol. The van der Waals surface area contributed by atoms with Gasteiger partial charge >= 0.3 is 0 Å². The summed E-state index contributed by atoms with van der Waals surface area (Å²) >= 11 is 0. The zero-order chi connectivity index (χ0) is 15.1. The van der Waals surface area contributed by atoms with Gasteiger partial charge in [-0.25, -0.2) is 19.5 Å². The van der Waals surface area contributed by atoms with E-state index in [2.05, 4.69) is 38.7 Å². The second-order valence-electron chi connectivity index (χ2n) is 4.67. The minimum Gasteiger partial charge on any atom is -0.361 e. The van der Waals surface area contributed by atoms with Crippen LogP contribution in [0.5, 0.6) is 0 Å². The van der Waals surface area contributed by atoms with Crippen molar-refractivity contribution < 1.29 is 4.58 Å². The van der Waals surface area contributed by atoms with Gasteiger partial charge in [0.05, 0.1) is 0 Å². The van der Waals surface area contributed by atoms with Crippen molar-refractivity contribution in [3.8, 4) is 11.4 Å². The fourth-order valence-corrected chi connectivity index (χ4v) is 1.85. The molecule has 0 atom stereocenters. The highest BCUT2D eigenvalue weighted by molar-refractivity contribution is 5.71. The van der Waals surface area contributed by atoms with Crippen molar-refractivity contribution >= 4 is 11.9 Å². The topological polar surface area (TPSA) is 53.7 Å². The van der Waals surface area contributed by atoms with Crippen molar-refractivity contribution in [1.29, 1.82) is 0 Å². The Morgan fingerprint density at radius 1 is 1.24 bits per heavy atom. The molecular weight excluding hydrogens is 262 g/mol. The predicted octanol–water partition coefficient (Wildman–Crippen LogP) is 2.51. The molecule has 0 spiro atoms. The summed E-state index contributed by atoms with van der Waals surface area (Å²) in [4.78, 5) is 12.3. The highest BCUT2D eigenvalue weighted by Gasteiger charge is 2.07. The summed E-state index contributed by atoms with van der Waals surface area (Å²) < 4.78 is 2.10. The Labute approximate surface area is 125 Å². The maximum absolute atomic E-state index is 4.20. The van der Waals surface area contributed by atoms with Gasteiger partial charge in [-0.15, -0.1) is 0 Å². The summed E-state index contributed by atoms with van der Waals surface area (Å²) in [6, 6.07) is 6.04. The van der Waals surface area contributed by atoms with E-state index in [-0.39, 0.29) is 0 Å². The lowest BCUT2D eigenvalue weighted by Gasteiger charge is -2.09. The molecule has 1 heterocycles. The van der Waals surface area contributed by atoms with Gasteiger partial charge in [0.2, 0.25) is 0 Å². The summed E-state index contributed by atoms with van der Waals surface area (Å²) in [6.07, 6.45) is 8.96. The summed E-state index contributed by atoms with van der Waals surface area (Å²) in [5.74, 6) is 0.687. The summed E-state index contributed by atoms with van der Waals surface area (Å²) in [7, 11) is 2.04. The molecular formula is C16H20N5+. The Bertz CT molecular complexity index is 647. The number of anilines is 1. The van der Waals surface area contributed by atoms with Gasteiger partial charge in [0.15, 0.2) is 12.0 Å². The maximum Gasteiger partial charge on any atom is 0.164 e. The summed E-state index contributed by atoms with van der Waals surface area (Å²) in [5, 5.41) is 3.29. The van der Waals surface area contributed by atoms with Crippen LogP contribution in [-0.2, 0) is 0 Å². The lowest BCUT2D eigenvalue weighted by Crippen LogP contribution is -2.04. The molecule has 0 aliphatic carbocycles. The highest BCUT2D eigenvalue weighted by Crippen LogP contribution is 2.25. The monoisotopic (exact) mass is 282 g/mol. The van der Waals surface area contributed by atoms with E-state index in [1.807, 2.05) is 43.7 Å². The van der Waals surface area contributed by atoms with Crippen LogP contribution in [-0.4, -0.2) is 39.3 Å². The van der Waals surface area contributed by atoms with Crippen LogP contribution in [0.2, 0.25) is 0 Å². The maximum atomic E-state index is 4.20. The zero-order valence-corrected chi connectivity index (χ0v) is 12.6. The third-order valence-corrected chi connectivity index (χ3v) is 3.24. The Morgan fingerprint density at radius 2 is 2.00 bits per heavy atom. The Kier molecular flexibility index (Phi) is 5.15. The highest BCUT2D eigenvalue weighted by atomic mass is 15.0. The number of nitrogens with one attached hydrogen (secondary N) is 1. The van der Waals surface area contributed by atoms with Crippen LogP contribution in [0.3, 0.4) is 0 Å². The molecule has 0 saturated carbocycles.